The summed E-state index contributed by atoms with van der Waals surface area (Å²) in [7, 11) is 0. The molecule has 1 aliphatic heterocycles. The van der Waals surface area contributed by atoms with Crippen molar-refractivity contribution in [3.63, 3.8) is 0 Å². The minimum absolute atomic E-state index is 0.0524. The summed E-state index contributed by atoms with van der Waals surface area (Å²) in [6, 6.07) is 13.3. The van der Waals surface area contributed by atoms with Crippen molar-refractivity contribution in [3.8, 4) is 5.75 Å². The van der Waals surface area contributed by atoms with E-state index in [4.69, 9.17) is 13.9 Å². The molecule has 0 radical (unpaired) electrons. The van der Waals surface area contributed by atoms with E-state index in [0.29, 0.717) is 57.0 Å². The number of benzene rings is 1. The Morgan fingerprint density at radius 1 is 1.13 bits per heavy atom. The summed E-state index contributed by atoms with van der Waals surface area (Å²) in [5.74, 6) is 0.449. The number of carbonyl (C=O) groups is 2. The molecule has 0 N–H and O–H groups in total. The average Bonchev–Trinajstić information content (AvgIpc) is 3.37. The van der Waals surface area contributed by atoms with Crippen LogP contribution in [-0.2, 0) is 16.1 Å². The third kappa shape index (κ3) is 4.20. The Morgan fingerprint density at radius 2 is 1.90 bits per heavy atom. The fraction of sp³-hybridized carbons (Fsp3) is 0.391. The zero-order valence-corrected chi connectivity index (χ0v) is 17.1. The lowest BCUT2D eigenvalue weighted by Gasteiger charge is -2.31. The number of likely N-dealkylation sites (tertiary alicyclic amines) is 1. The number of piperidine rings is 1. The Hall–Kier alpha value is -3.22. The highest BCUT2D eigenvalue weighted by Crippen LogP contribution is 2.25. The maximum Gasteiger partial charge on any atom is 0.309 e. The van der Waals surface area contributed by atoms with E-state index in [0.717, 1.165) is 11.3 Å². The summed E-state index contributed by atoms with van der Waals surface area (Å²) in [5.41, 5.74) is 2.13. The number of esters is 1. The fourth-order valence-corrected chi connectivity index (χ4v) is 3.91. The van der Waals surface area contributed by atoms with Crippen molar-refractivity contribution in [2.45, 2.75) is 26.3 Å². The van der Waals surface area contributed by atoms with Gasteiger partial charge in [-0.1, -0.05) is 18.2 Å². The number of carbonyl (C=O) groups excluding carboxylic acids is 2. The van der Waals surface area contributed by atoms with Gasteiger partial charge in [0.05, 0.1) is 30.8 Å². The molecule has 7 heteroatoms. The van der Waals surface area contributed by atoms with Crippen LogP contribution in [0.4, 0.5) is 0 Å². The summed E-state index contributed by atoms with van der Waals surface area (Å²) in [5, 5.41) is 0. The third-order valence-electron chi connectivity index (χ3n) is 5.47. The second-order valence-corrected chi connectivity index (χ2v) is 7.33. The normalized spacial score (nSPS) is 14.8. The average molecular weight is 410 g/mol. The molecule has 1 amide bonds. The van der Waals surface area contributed by atoms with Gasteiger partial charge in [0.2, 0.25) is 0 Å². The number of hydrogen-bond donors (Lipinski definition) is 0. The lowest BCUT2D eigenvalue weighted by molar-refractivity contribution is -0.149. The van der Waals surface area contributed by atoms with Gasteiger partial charge in [-0.2, -0.15) is 0 Å². The van der Waals surface area contributed by atoms with Crippen LogP contribution < -0.4 is 4.74 Å². The van der Waals surface area contributed by atoms with Crippen molar-refractivity contribution in [1.29, 1.82) is 0 Å². The van der Waals surface area contributed by atoms with Crippen LogP contribution in [0.3, 0.4) is 0 Å². The van der Waals surface area contributed by atoms with Crippen LogP contribution in [0.2, 0.25) is 0 Å². The van der Waals surface area contributed by atoms with Gasteiger partial charge in [-0.25, -0.2) is 0 Å². The van der Waals surface area contributed by atoms with Gasteiger partial charge < -0.3 is 23.4 Å². The minimum Gasteiger partial charge on any atom is -0.492 e. The molecule has 2 aromatic heterocycles. The van der Waals surface area contributed by atoms with E-state index < -0.39 is 0 Å². The highest BCUT2D eigenvalue weighted by Gasteiger charge is 2.30. The van der Waals surface area contributed by atoms with Gasteiger partial charge in [-0.05, 0) is 31.9 Å². The molecular formula is C23H26N2O5. The first-order valence-electron chi connectivity index (χ1n) is 10.4. The summed E-state index contributed by atoms with van der Waals surface area (Å²) in [4.78, 5) is 27.0. The highest BCUT2D eigenvalue weighted by atomic mass is 16.5. The number of furan rings is 1. The van der Waals surface area contributed by atoms with Crippen molar-refractivity contribution < 1.29 is 23.5 Å². The molecule has 0 bridgehead atoms. The molecule has 30 heavy (non-hydrogen) atoms. The second-order valence-electron chi connectivity index (χ2n) is 7.33. The molecule has 3 heterocycles. The molecule has 1 fully saturated rings. The number of rotatable bonds is 7. The number of fused-ring (bicyclic) bond motifs is 1. The number of hydrogen-bond acceptors (Lipinski definition) is 5. The molecule has 0 spiro atoms. The predicted molar refractivity (Wildman–Crippen MR) is 111 cm³/mol. The summed E-state index contributed by atoms with van der Waals surface area (Å²) in [6.07, 6.45) is 2.87. The maximum absolute atomic E-state index is 13.2. The van der Waals surface area contributed by atoms with Gasteiger partial charge in [-0.15, -0.1) is 0 Å². The Morgan fingerprint density at radius 3 is 2.63 bits per heavy atom. The van der Waals surface area contributed by atoms with Gasteiger partial charge in [0.25, 0.3) is 5.91 Å². The molecule has 7 nitrogen and oxygen atoms in total. The molecule has 1 aromatic carbocycles. The minimum atomic E-state index is -0.163. The topological polar surface area (TPSA) is 73.9 Å². The molecule has 0 aliphatic carbocycles. The number of aromatic nitrogens is 1. The fourth-order valence-electron chi connectivity index (χ4n) is 3.91. The van der Waals surface area contributed by atoms with E-state index >= 15 is 0 Å². The predicted octanol–water partition coefficient (Wildman–Crippen LogP) is 3.73. The van der Waals surface area contributed by atoms with E-state index in [2.05, 4.69) is 0 Å². The van der Waals surface area contributed by atoms with Crippen molar-refractivity contribution >= 4 is 23.0 Å². The van der Waals surface area contributed by atoms with Crippen LogP contribution in [0.5, 0.6) is 5.75 Å². The lowest BCUT2D eigenvalue weighted by Crippen LogP contribution is -2.41. The van der Waals surface area contributed by atoms with E-state index in [1.165, 1.54) is 0 Å². The van der Waals surface area contributed by atoms with Gasteiger partial charge in [-0.3, -0.25) is 9.59 Å². The first-order valence-corrected chi connectivity index (χ1v) is 10.4. The summed E-state index contributed by atoms with van der Waals surface area (Å²) < 4.78 is 18.4. The van der Waals surface area contributed by atoms with Gasteiger partial charge in [0, 0.05) is 25.2 Å². The number of amides is 1. The van der Waals surface area contributed by atoms with Crippen molar-refractivity contribution in [1.82, 2.24) is 9.47 Å². The smallest absolute Gasteiger partial charge is 0.309 e. The zero-order valence-electron chi connectivity index (χ0n) is 17.1. The molecule has 3 aromatic rings. The van der Waals surface area contributed by atoms with Crippen LogP contribution in [0, 0.1) is 5.92 Å². The number of para-hydroxylation sites is 1. The monoisotopic (exact) mass is 410 g/mol. The van der Waals surface area contributed by atoms with Crippen LogP contribution in [-0.4, -0.2) is 47.6 Å². The van der Waals surface area contributed by atoms with Gasteiger partial charge in [0.1, 0.15) is 18.1 Å². The number of nitrogens with zero attached hydrogens (tertiary/aromatic N) is 2. The van der Waals surface area contributed by atoms with Crippen LogP contribution in [0.1, 0.15) is 30.3 Å². The second kappa shape index (κ2) is 9.07. The van der Waals surface area contributed by atoms with Crippen LogP contribution in [0.25, 0.3) is 11.1 Å². The van der Waals surface area contributed by atoms with Gasteiger partial charge >= 0.3 is 5.97 Å². The Bertz CT molecular complexity index is 999. The molecular weight excluding hydrogens is 384 g/mol. The Labute approximate surface area is 175 Å². The molecule has 4 rings (SSSR count). The first-order chi connectivity index (χ1) is 14.7. The Balaban J connectivity index is 1.44. The SMILES string of the molecule is CCOC(=O)C1CCN(C(=O)c2cc3occc3n2CCOc2ccccc2)CC1. The third-order valence-corrected chi connectivity index (χ3v) is 5.47. The first kappa shape index (κ1) is 20.1. The zero-order chi connectivity index (χ0) is 20.9. The molecule has 0 unspecified atom stereocenters. The summed E-state index contributed by atoms with van der Waals surface area (Å²) >= 11 is 0. The molecule has 0 atom stereocenters. The van der Waals surface area contributed by atoms with E-state index in [1.807, 2.05) is 47.9 Å². The van der Waals surface area contributed by atoms with E-state index in [9.17, 15) is 9.59 Å². The van der Waals surface area contributed by atoms with E-state index in [-0.39, 0.29) is 17.8 Å². The maximum atomic E-state index is 13.2. The Kier molecular flexibility index (Phi) is 6.07. The molecule has 0 saturated carbocycles. The highest BCUT2D eigenvalue weighted by molar-refractivity contribution is 5.97. The van der Waals surface area contributed by atoms with Crippen molar-refractivity contribution in [3.05, 3.63) is 54.4 Å². The van der Waals surface area contributed by atoms with Crippen molar-refractivity contribution in [2.75, 3.05) is 26.3 Å². The largest absolute Gasteiger partial charge is 0.492 e. The lowest BCUT2D eigenvalue weighted by atomic mass is 9.97. The molecule has 1 aliphatic rings. The molecule has 158 valence electrons. The quantitative estimate of drug-likeness (QED) is 0.555. The van der Waals surface area contributed by atoms with E-state index in [1.54, 1.807) is 17.2 Å². The van der Waals surface area contributed by atoms with Gasteiger partial charge in [0.15, 0.2) is 5.58 Å². The summed E-state index contributed by atoms with van der Waals surface area (Å²) in [6.45, 7) is 4.23. The standard InChI is InChI=1S/C23H26N2O5/c1-2-28-23(27)17-8-11-24(12-9-17)22(26)20-16-21-19(10-14-30-21)25(20)13-15-29-18-6-4-3-5-7-18/h3-7,10,14,16-17H,2,8-9,11-13,15H2,1H3. The van der Waals surface area contributed by atoms with Crippen LogP contribution in [0.15, 0.2) is 53.1 Å². The van der Waals surface area contributed by atoms with Crippen LogP contribution >= 0.6 is 0 Å². The number of ether oxygens (including phenoxy) is 2. The van der Waals surface area contributed by atoms with Crippen molar-refractivity contribution in [2.24, 2.45) is 5.92 Å². The molecule has 1 saturated heterocycles.